The van der Waals surface area contributed by atoms with Gasteiger partial charge in [0.05, 0.1) is 0 Å². The van der Waals surface area contributed by atoms with Crippen molar-refractivity contribution in [1.82, 2.24) is 10.2 Å². The monoisotopic (exact) mass is 250 g/mol. The zero-order valence-corrected chi connectivity index (χ0v) is 12.3. The highest BCUT2D eigenvalue weighted by atomic mass is 16.3. The van der Waals surface area contributed by atoms with Crippen LogP contribution in [-0.4, -0.2) is 30.1 Å². The summed E-state index contributed by atoms with van der Waals surface area (Å²) in [5.74, 6) is 2.08. The first kappa shape index (κ1) is 13.6. The summed E-state index contributed by atoms with van der Waals surface area (Å²) in [6, 6.07) is 2.62. The second-order valence-corrected chi connectivity index (χ2v) is 6.18. The summed E-state index contributed by atoms with van der Waals surface area (Å²) >= 11 is 0. The van der Waals surface area contributed by atoms with Gasteiger partial charge in [0.15, 0.2) is 0 Å². The maximum absolute atomic E-state index is 5.67. The van der Waals surface area contributed by atoms with Crippen LogP contribution in [-0.2, 0) is 0 Å². The van der Waals surface area contributed by atoms with Gasteiger partial charge in [0.25, 0.3) is 0 Å². The summed E-state index contributed by atoms with van der Waals surface area (Å²) in [7, 11) is 0. The molecule has 1 fully saturated rings. The molecule has 2 rings (SSSR count). The Labute approximate surface area is 111 Å². The van der Waals surface area contributed by atoms with Crippen molar-refractivity contribution in [3.05, 3.63) is 23.2 Å². The first-order valence-electron chi connectivity index (χ1n) is 6.95. The van der Waals surface area contributed by atoms with Crippen LogP contribution in [0.25, 0.3) is 0 Å². The van der Waals surface area contributed by atoms with Crippen molar-refractivity contribution in [2.24, 2.45) is 0 Å². The van der Waals surface area contributed by atoms with Crippen molar-refractivity contribution in [1.29, 1.82) is 0 Å². The number of nitrogens with one attached hydrogen (secondary N) is 1. The van der Waals surface area contributed by atoms with E-state index in [1.165, 1.54) is 12.0 Å². The molecule has 0 radical (unpaired) electrons. The van der Waals surface area contributed by atoms with Crippen molar-refractivity contribution >= 4 is 0 Å². The van der Waals surface area contributed by atoms with Crippen LogP contribution < -0.4 is 5.32 Å². The average molecular weight is 250 g/mol. The van der Waals surface area contributed by atoms with Gasteiger partial charge in [-0.15, -0.1) is 0 Å². The molecule has 0 bridgehead atoms. The molecule has 3 heteroatoms. The molecule has 0 amide bonds. The number of rotatable bonds is 2. The summed E-state index contributed by atoms with van der Waals surface area (Å²) < 4.78 is 5.67. The Morgan fingerprint density at radius 2 is 2.11 bits per heavy atom. The lowest BCUT2D eigenvalue weighted by Gasteiger charge is -2.34. The molecule has 1 aromatic heterocycles. The number of hydrogen-bond donors (Lipinski definition) is 1. The molecule has 1 aliphatic heterocycles. The minimum atomic E-state index is 0.192. The van der Waals surface area contributed by atoms with Crippen molar-refractivity contribution in [2.45, 2.75) is 52.6 Å². The van der Waals surface area contributed by atoms with Crippen molar-refractivity contribution in [2.75, 3.05) is 19.6 Å². The van der Waals surface area contributed by atoms with E-state index in [0.29, 0.717) is 6.04 Å². The summed E-state index contributed by atoms with van der Waals surface area (Å²) in [5.41, 5.74) is 1.53. The summed E-state index contributed by atoms with van der Waals surface area (Å²) in [6.07, 6.45) is 1.21. The van der Waals surface area contributed by atoms with Gasteiger partial charge in [-0.2, -0.15) is 0 Å². The van der Waals surface area contributed by atoms with Gasteiger partial charge in [0, 0.05) is 30.2 Å². The van der Waals surface area contributed by atoms with Crippen LogP contribution in [0.3, 0.4) is 0 Å². The fraction of sp³-hybridized carbons (Fsp3) is 0.733. The Hall–Kier alpha value is -0.800. The van der Waals surface area contributed by atoms with Gasteiger partial charge in [-0.05, 0) is 53.7 Å². The van der Waals surface area contributed by atoms with Crippen LogP contribution in [0.2, 0.25) is 0 Å². The first-order chi connectivity index (χ1) is 8.39. The van der Waals surface area contributed by atoms with Gasteiger partial charge in [-0.25, -0.2) is 0 Å². The molecule has 102 valence electrons. The molecule has 0 saturated carbocycles. The van der Waals surface area contributed by atoms with Gasteiger partial charge in [0.2, 0.25) is 0 Å². The summed E-state index contributed by atoms with van der Waals surface area (Å²) in [4.78, 5) is 2.57. The average Bonchev–Trinajstić information content (AvgIpc) is 2.49. The van der Waals surface area contributed by atoms with Crippen LogP contribution in [0, 0.1) is 13.8 Å². The molecule has 18 heavy (non-hydrogen) atoms. The molecule has 1 aromatic rings. The molecule has 1 saturated heterocycles. The van der Waals surface area contributed by atoms with Crippen LogP contribution in [0.5, 0.6) is 0 Å². The first-order valence-corrected chi connectivity index (χ1v) is 6.95. The SMILES string of the molecule is Cc1cc(C(C)N2CCCNC(C)(C)C2)c(C)o1. The van der Waals surface area contributed by atoms with Crippen LogP contribution >= 0.6 is 0 Å². The lowest BCUT2D eigenvalue weighted by Crippen LogP contribution is -2.46. The van der Waals surface area contributed by atoms with E-state index < -0.39 is 0 Å². The van der Waals surface area contributed by atoms with Gasteiger partial charge >= 0.3 is 0 Å². The van der Waals surface area contributed by atoms with Gasteiger partial charge in [-0.3, -0.25) is 4.90 Å². The standard InChI is InChI=1S/C15H26N2O/c1-11-9-14(13(3)18-11)12(2)17-8-6-7-16-15(4,5)10-17/h9,12,16H,6-8,10H2,1-5H3. The van der Waals surface area contributed by atoms with Gasteiger partial charge in [0.1, 0.15) is 11.5 Å². The Bertz CT molecular complexity index is 409. The topological polar surface area (TPSA) is 28.4 Å². The predicted octanol–water partition coefficient (Wildman–Crippen LogP) is 3.03. The predicted molar refractivity (Wildman–Crippen MR) is 74.9 cm³/mol. The fourth-order valence-electron chi connectivity index (χ4n) is 2.94. The number of furan rings is 1. The van der Waals surface area contributed by atoms with Crippen molar-refractivity contribution < 1.29 is 4.42 Å². The lowest BCUT2D eigenvalue weighted by molar-refractivity contribution is 0.179. The van der Waals surface area contributed by atoms with Crippen LogP contribution in [0.15, 0.2) is 10.5 Å². The third kappa shape index (κ3) is 2.96. The van der Waals surface area contributed by atoms with E-state index in [1.54, 1.807) is 0 Å². The highest BCUT2D eigenvalue weighted by Crippen LogP contribution is 2.28. The minimum Gasteiger partial charge on any atom is -0.466 e. The van der Waals surface area contributed by atoms with E-state index in [1.807, 2.05) is 6.92 Å². The Morgan fingerprint density at radius 1 is 1.39 bits per heavy atom. The molecule has 1 N–H and O–H groups in total. The quantitative estimate of drug-likeness (QED) is 0.874. The highest BCUT2D eigenvalue weighted by Gasteiger charge is 2.28. The number of nitrogens with zero attached hydrogens (tertiary/aromatic N) is 1. The number of aryl methyl sites for hydroxylation is 2. The maximum Gasteiger partial charge on any atom is 0.105 e. The minimum absolute atomic E-state index is 0.192. The molecular weight excluding hydrogens is 224 g/mol. The summed E-state index contributed by atoms with van der Waals surface area (Å²) in [6.45, 7) is 14.3. The normalized spacial score (nSPS) is 22.7. The van der Waals surface area contributed by atoms with Crippen molar-refractivity contribution in [3.63, 3.8) is 0 Å². The largest absolute Gasteiger partial charge is 0.466 e. The second-order valence-electron chi connectivity index (χ2n) is 6.18. The van der Waals surface area contributed by atoms with Crippen LogP contribution in [0.1, 0.15) is 50.3 Å². The summed E-state index contributed by atoms with van der Waals surface area (Å²) in [5, 5.41) is 3.61. The smallest absolute Gasteiger partial charge is 0.105 e. The maximum atomic E-state index is 5.67. The Morgan fingerprint density at radius 3 is 2.72 bits per heavy atom. The van der Waals surface area contributed by atoms with Crippen molar-refractivity contribution in [3.8, 4) is 0 Å². The Kier molecular flexibility index (Phi) is 3.83. The van der Waals surface area contributed by atoms with Gasteiger partial charge < -0.3 is 9.73 Å². The molecule has 0 spiro atoms. The molecule has 1 atom stereocenters. The zero-order valence-electron chi connectivity index (χ0n) is 12.3. The molecule has 1 unspecified atom stereocenters. The van der Waals surface area contributed by atoms with Gasteiger partial charge in [-0.1, -0.05) is 0 Å². The Balaban J connectivity index is 2.17. The zero-order chi connectivity index (χ0) is 13.3. The van der Waals surface area contributed by atoms with E-state index in [0.717, 1.165) is 31.2 Å². The lowest BCUT2D eigenvalue weighted by atomic mass is 10.0. The fourth-order valence-corrected chi connectivity index (χ4v) is 2.94. The van der Waals surface area contributed by atoms with E-state index in [2.05, 4.69) is 44.0 Å². The molecule has 1 aliphatic rings. The third-order valence-electron chi connectivity index (χ3n) is 3.90. The van der Waals surface area contributed by atoms with Crippen LogP contribution in [0.4, 0.5) is 0 Å². The number of hydrogen-bond acceptors (Lipinski definition) is 3. The molecule has 2 heterocycles. The third-order valence-corrected chi connectivity index (χ3v) is 3.90. The second kappa shape index (κ2) is 5.06. The van der Waals surface area contributed by atoms with E-state index in [4.69, 9.17) is 4.42 Å². The molecule has 3 nitrogen and oxygen atoms in total. The van der Waals surface area contributed by atoms with E-state index in [-0.39, 0.29) is 5.54 Å². The molecule has 0 aromatic carbocycles. The van der Waals surface area contributed by atoms with E-state index >= 15 is 0 Å². The molecular formula is C15H26N2O. The highest BCUT2D eigenvalue weighted by molar-refractivity contribution is 5.23. The van der Waals surface area contributed by atoms with E-state index in [9.17, 15) is 0 Å². The molecule has 0 aliphatic carbocycles.